The summed E-state index contributed by atoms with van der Waals surface area (Å²) in [5, 5.41) is 15.6. The number of hydrogen-bond donors (Lipinski definition) is 3. The maximum Gasteiger partial charge on any atom is 0.149 e. The van der Waals surface area contributed by atoms with E-state index in [1.165, 1.54) is 0 Å². The second-order valence-electron chi connectivity index (χ2n) is 2.25. The molecule has 0 amide bonds. The summed E-state index contributed by atoms with van der Waals surface area (Å²) < 4.78 is 0. The number of amidine groups is 1. The predicted molar refractivity (Wildman–Crippen MR) is 41.8 cm³/mol. The minimum atomic E-state index is 0.00194. The van der Waals surface area contributed by atoms with Crippen molar-refractivity contribution in [2.24, 2.45) is 0 Å². The second-order valence-corrected chi connectivity index (χ2v) is 2.25. The average molecular weight is 149 g/mol. The van der Waals surface area contributed by atoms with Crippen molar-refractivity contribution in [3.05, 3.63) is 35.4 Å². The standard InChI is InChI=1S/C8H9N2O/c1-6-3-2-4-7(5-6)8(9)10-11/h2,4-5,11H,1H3,(H2,9,10). The van der Waals surface area contributed by atoms with E-state index in [2.05, 4.69) is 6.07 Å². The molecule has 0 fully saturated rings. The lowest BCUT2D eigenvalue weighted by molar-refractivity contribution is 0.234. The van der Waals surface area contributed by atoms with Crippen molar-refractivity contribution >= 4 is 5.84 Å². The van der Waals surface area contributed by atoms with Crippen molar-refractivity contribution in [3.8, 4) is 0 Å². The first-order valence-electron chi connectivity index (χ1n) is 3.21. The van der Waals surface area contributed by atoms with Crippen LogP contribution in [0.3, 0.4) is 0 Å². The molecule has 0 aliphatic heterocycles. The first-order valence-corrected chi connectivity index (χ1v) is 3.21. The van der Waals surface area contributed by atoms with Crippen molar-refractivity contribution in [1.29, 1.82) is 5.41 Å². The van der Waals surface area contributed by atoms with Gasteiger partial charge in [-0.3, -0.25) is 16.1 Å². The Morgan fingerprint density at radius 2 is 2.45 bits per heavy atom. The van der Waals surface area contributed by atoms with E-state index in [1.807, 2.05) is 6.92 Å². The molecule has 0 aromatic heterocycles. The Morgan fingerprint density at radius 1 is 1.73 bits per heavy atom. The van der Waals surface area contributed by atoms with Gasteiger partial charge in [-0.15, -0.1) is 0 Å². The minimum Gasteiger partial charge on any atom is -0.290 e. The topological polar surface area (TPSA) is 56.1 Å². The van der Waals surface area contributed by atoms with Crippen molar-refractivity contribution in [2.75, 3.05) is 0 Å². The molecule has 0 atom stereocenters. The molecule has 0 heterocycles. The molecular weight excluding hydrogens is 140 g/mol. The molecule has 1 aromatic carbocycles. The highest BCUT2D eigenvalue weighted by atomic mass is 16.5. The smallest absolute Gasteiger partial charge is 0.149 e. The normalized spacial score (nSPS) is 9.27. The number of hydrogen-bond acceptors (Lipinski definition) is 2. The summed E-state index contributed by atoms with van der Waals surface area (Å²) in [6.07, 6.45) is 0. The van der Waals surface area contributed by atoms with Crippen molar-refractivity contribution in [2.45, 2.75) is 6.92 Å². The molecular formula is C8H9N2O. The van der Waals surface area contributed by atoms with E-state index < -0.39 is 0 Å². The molecule has 3 N–H and O–H groups in total. The molecule has 3 nitrogen and oxygen atoms in total. The van der Waals surface area contributed by atoms with Crippen LogP contribution in [0, 0.1) is 18.4 Å². The van der Waals surface area contributed by atoms with Gasteiger partial charge in [0.15, 0.2) is 0 Å². The predicted octanol–water partition coefficient (Wildman–Crippen LogP) is 1.10. The molecule has 0 saturated carbocycles. The largest absolute Gasteiger partial charge is 0.290 e. The van der Waals surface area contributed by atoms with Crippen LogP contribution >= 0.6 is 0 Å². The Hall–Kier alpha value is -1.35. The molecule has 1 rings (SSSR count). The Bertz CT molecular complexity index is 271. The summed E-state index contributed by atoms with van der Waals surface area (Å²) in [6, 6.07) is 8.14. The second kappa shape index (κ2) is 3.16. The molecule has 0 aliphatic rings. The molecule has 0 aliphatic carbocycles. The fourth-order valence-electron chi connectivity index (χ4n) is 0.806. The number of rotatable bonds is 1. The van der Waals surface area contributed by atoms with E-state index >= 15 is 0 Å². The van der Waals surface area contributed by atoms with E-state index in [9.17, 15) is 0 Å². The Kier molecular flexibility index (Phi) is 2.23. The van der Waals surface area contributed by atoms with Crippen LogP contribution in [0.15, 0.2) is 18.2 Å². The molecule has 1 aromatic rings. The van der Waals surface area contributed by atoms with Crippen LogP contribution in [0.5, 0.6) is 0 Å². The summed E-state index contributed by atoms with van der Waals surface area (Å²) in [4.78, 5) is 0. The van der Waals surface area contributed by atoms with Crippen LogP contribution in [0.1, 0.15) is 11.1 Å². The number of hydroxylamine groups is 1. The lowest BCUT2D eigenvalue weighted by Crippen LogP contribution is -2.18. The molecule has 11 heavy (non-hydrogen) atoms. The number of nitrogens with one attached hydrogen (secondary N) is 2. The zero-order chi connectivity index (χ0) is 8.27. The van der Waals surface area contributed by atoms with E-state index in [0.717, 1.165) is 5.56 Å². The minimum absolute atomic E-state index is 0.00194. The van der Waals surface area contributed by atoms with Crippen molar-refractivity contribution in [1.82, 2.24) is 5.48 Å². The van der Waals surface area contributed by atoms with Gasteiger partial charge in [-0.1, -0.05) is 12.1 Å². The highest BCUT2D eigenvalue weighted by molar-refractivity contribution is 5.95. The van der Waals surface area contributed by atoms with Crippen LogP contribution in [0.2, 0.25) is 0 Å². The third-order valence-corrected chi connectivity index (χ3v) is 1.35. The quantitative estimate of drug-likeness (QED) is 0.318. The van der Waals surface area contributed by atoms with Crippen molar-refractivity contribution < 1.29 is 5.21 Å². The van der Waals surface area contributed by atoms with E-state index in [-0.39, 0.29) is 5.84 Å². The van der Waals surface area contributed by atoms with E-state index in [1.54, 1.807) is 23.7 Å². The Morgan fingerprint density at radius 3 is 3.00 bits per heavy atom. The summed E-state index contributed by atoms with van der Waals surface area (Å²) in [5.41, 5.74) is 3.38. The lowest BCUT2D eigenvalue weighted by Gasteiger charge is -2.01. The van der Waals surface area contributed by atoms with Crippen LogP contribution in [-0.2, 0) is 0 Å². The van der Waals surface area contributed by atoms with Crippen LogP contribution in [0.25, 0.3) is 0 Å². The third-order valence-electron chi connectivity index (χ3n) is 1.35. The lowest BCUT2D eigenvalue weighted by atomic mass is 10.1. The SMILES string of the molecule is Cc1[c]ccc(C(=N)NO)c1. The first kappa shape index (κ1) is 7.75. The van der Waals surface area contributed by atoms with Crippen LogP contribution in [-0.4, -0.2) is 11.0 Å². The highest BCUT2D eigenvalue weighted by Gasteiger charge is 1.97. The Labute approximate surface area is 65.1 Å². The monoisotopic (exact) mass is 149 g/mol. The van der Waals surface area contributed by atoms with Gasteiger partial charge in [-0.25, -0.2) is 0 Å². The average Bonchev–Trinajstić information content (AvgIpc) is 2.03. The molecule has 57 valence electrons. The van der Waals surface area contributed by atoms with Crippen LogP contribution in [0.4, 0.5) is 0 Å². The highest BCUT2D eigenvalue weighted by Crippen LogP contribution is 2.01. The summed E-state index contributed by atoms with van der Waals surface area (Å²) in [5.74, 6) is 0.00194. The maximum atomic E-state index is 8.39. The van der Waals surface area contributed by atoms with Gasteiger partial charge < -0.3 is 0 Å². The molecule has 0 bridgehead atoms. The van der Waals surface area contributed by atoms with Crippen LogP contribution < -0.4 is 5.48 Å². The number of benzene rings is 1. The zero-order valence-electron chi connectivity index (χ0n) is 6.18. The zero-order valence-corrected chi connectivity index (χ0v) is 6.18. The first-order chi connectivity index (χ1) is 5.24. The van der Waals surface area contributed by atoms with Gasteiger partial charge in [0.1, 0.15) is 5.84 Å². The maximum absolute atomic E-state index is 8.39. The molecule has 0 saturated heterocycles. The fraction of sp³-hybridized carbons (Fsp3) is 0.125. The Balaban J connectivity index is 2.96. The molecule has 3 heteroatoms. The van der Waals surface area contributed by atoms with Gasteiger partial charge in [0.05, 0.1) is 0 Å². The van der Waals surface area contributed by atoms with Gasteiger partial charge >= 0.3 is 0 Å². The summed E-state index contributed by atoms with van der Waals surface area (Å²) in [7, 11) is 0. The number of aryl methyl sites for hydroxylation is 1. The molecule has 0 spiro atoms. The van der Waals surface area contributed by atoms with Gasteiger partial charge in [-0.05, 0) is 24.6 Å². The fourth-order valence-corrected chi connectivity index (χ4v) is 0.806. The molecule has 1 radical (unpaired) electrons. The van der Waals surface area contributed by atoms with Gasteiger partial charge in [0.2, 0.25) is 0 Å². The van der Waals surface area contributed by atoms with Gasteiger partial charge in [0, 0.05) is 5.56 Å². The third kappa shape index (κ3) is 1.78. The van der Waals surface area contributed by atoms with Gasteiger partial charge in [-0.2, -0.15) is 0 Å². The summed E-state index contributed by atoms with van der Waals surface area (Å²) in [6.45, 7) is 1.88. The van der Waals surface area contributed by atoms with E-state index in [4.69, 9.17) is 10.6 Å². The van der Waals surface area contributed by atoms with Crippen molar-refractivity contribution in [3.63, 3.8) is 0 Å². The summed E-state index contributed by atoms with van der Waals surface area (Å²) >= 11 is 0. The molecule has 0 unspecified atom stereocenters. The van der Waals surface area contributed by atoms with E-state index in [0.29, 0.717) is 5.56 Å². The van der Waals surface area contributed by atoms with Gasteiger partial charge in [0.25, 0.3) is 0 Å².